The van der Waals surface area contributed by atoms with Crippen LogP contribution in [0.5, 0.6) is 11.5 Å². The molecule has 0 radical (unpaired) electrons. The lowest BCUT2D eigenvalue weighted by Gasteiger charge is -2.16. The largest absolute Gasteiger partial charge is 0.496 e. The van der Waals surface area contributed by atoms with Gasteiger partial charge in [-0.2, -0.15) is 0 Å². The van der Waals surface area contributed by atoms with Gasteiger partial charge in [0.15, 0.2) is 0 Å². The van der Waals surface area contributed by atoms with Gasteiger partial charge in [0.25, 0.3) is 0 Å². The zero-order chi connectivity index (χ0) is 14.5. The van der Waals surface area contributed by atoms with E-state index in [1.807, 2.05) is 31.2 Å². The van der Waals surface area contributed by atoms with Crippen LogP contribution in [0.2, 0.25) is 5.02 Å². The SMILES string of the molecule is CCOc1cccc(C(O)c2ccc(Cl)cc2OC)c1. The number of hydrogen-bond acceptors (Lipinski definition) is 3. The zero-order valence-electron chi connectivity index (χ0n) is 11.5. The number of halogens is 1. The first-order valence-corrected chi connectivity index (χ1v) is 6.77. The molecule has 0 saturated heterocycles. The lowest BCUT2D eigenvalue weighted by Crippen LogP contribution is -2.03. The summed E-state index contributed by atoms with van der Waals surface area (Å²) in [5.41, 5.74) is 1.42. The fourth-order valence-electron chi connectivity index (χ4n) is 2.03. The molecule has 0 spiro atoms. The van der Waals surface area contributed by atoms with Gasteiger partial charge in [-0.1, -0.05) is 29.8 Å². The fourth-order valence-corrected chi connectivity index (χ4v) is 2.19. The molecule has 2 rings (SSSR count). The summed E-state index contributed by atoms with van der Waals surface area (Å²) in [5, 5.41) is 11.1. The van der Waals surface area contributed by atoms with E-state index in [2.05, 4.69) is 0 Å². The van der Waals surface area contributed by atoms with Gasteiger partial charge in [-0.25, -0.2) is 0 Å². The van der Waals surface area contributed by atoms with E-state index in [9.17, 15) is 5.11 Å². The molecule has 0 fully saturated rings. The summed E-state index contributed by atoms with van der Waals surface area (Å²) in [5.74, 6) is 1.30. The van der Waals surface area contributed by atoms with Crippen LogP contribution < -0.4 is 9.47 Å². The van der Waals surface area contributed by atoms with Gasteiger partial charge >= 0.3 is 0 Å². The normalized spacial score (nSPS) is 12.0. The van der Waals surface area contributed by atoms with Crippen molar-refractivity contribution in [1.29, 1.82) is 0 Å². The monoisotopic (exact) mass is 292 g/mol. The van der Waals surface area contributed by atoms with Crippen molar-refractivity contribution in [3.63, 3.8) is 0 Å². The Hall–Kier alpha value is -1.71. The molecule has 0 aliphatic rings. The van der Waals surface area contributed by atoms with Crippen molar-refractivity contribution in [2.24, 2.45) is 0 Å². The maximum Gasteiger partial charge on any atom is 0.126 e. The molecule has 20 heavy (non-hydrogen) atoms. The third-order valence-corrected chi connectivity index (χ3v) is 3.21. The smallest absolute Gasteiger partial charge is 0.126 e. The van der Waals surface area contributed by atoms with Crippen molar-refractivity contribution in [2.45, 2.75) is 13.0 Å². The first kappa shape index (κ1) is 14.7. The minimum absolute atomic E-state index is 0.562. The Morgan fingerprint density at radius 3 is 2.70 bits per heavy atom. The molecule has 0 aromatic heterocycles. The molecule has 4 heteroatoms. The Morgan fingerprint density at radius 1 is 1.20 bits per heavy atom. The van der Waals surface area contributed by atoms with E-state index >= 15 is 0 Å². The fraction of sp³-hybridized carbons (Fsp3) is 0.250. The van der Waals surface area contributed by atoms with Crippen molar-refractivity contribution in [3.05, 3.63) is 58.6 Å². The van der Waals surface area contributed by atoms with Gasteiger partial charge < -0.3 is 14.6 Å². The van der Waals surface area contributed by atoms with Gasteiger partial charge in [-0.15, -0.1) is 0 Å². The van der Waals surface area contributed by atoms with Crippen LogP contribution in [0.15, 0.2) is 42.5 Å². The van der Waals surface area contributed by atoms with E-state index in [1.165, 1.54) is 0 Å². The average molecular weight is 293 g/mol. The molecule has 0 amide bonds. The van der Waals surface area contributed by atoms with Crippen molar-refractivity contribution >= 4 is 11.6 Å². The Balaban J connectivity index is 2.35. The number of rotatable bonds is 5. The van der Waals surface area contributed by atoms with Crippen molar-refractivity contribution in [3.8, 4) is 11.5 Å². The molecule has 3 nitrogen and oxygen atoms in total. The highest BCUT2D eigenvalue weighted by Gasteiger charge is 2.16. The highest BCUT2D eigenvalue weighted by molar-refractivity contribution is 6.30. The molecule has 0 saturated carbocycles. The summed E-state index contributed by atoms with van der Waals surface area (Å²) >= 11 is 5.93. The lowest BCUT2D eigenvalue weighted by molar-refractivity contribution is 0.214. The topological polar surface area (TPSA) is 38.7 Å². The van der Waals surface area contributed by atoms with Crippen LogP contribution in [0.25, 0.3) is 0 Å². The predicted octanol–water partition coefficient (Wildman–Crippen LogP) is 3.83. The zero-order valence-corrected chi connectivity index (χ0v) is 12.2. The van der Waals surface area contributed by atoms with Crippen LogP contribution in [0.1, 0.15) is 24.2 Å². The molecule has 1 unspecified atom stereocenters. The number of methoxy groups -OCH3 is 1. The second-order valence-electron chi connectivity index (χ2n) is 4.29. The number of ether oxygens (including phenoxy) is 2. The highest BCUT2D eigenvalue weighted by atomic mass is 35.5. The maximum atomic E-state index is 10.5. The Morgan fingerprint density at radius 2 is 2.00 bits per heavy atom. The number of aliphatic hydroxyl groups is 1. The van der Waals surface area contributed by atoms with Crippen LogP contribution in [0.3, 0.4) is 0 Å². The Bertz CT molecular complexity index is 584. The minimum atomic E-state index is -0.789. The summed E-state index contributed by atoms with van der Waals surface area (Å²) < 4.78 is 10.7. The number of benzene rings is 2. The molecule has 0 heterocycles. The van der Waals surface area contributed by atoms with E-state index in [0.717, 1.165) is 11.3 Å². The molecular weight excluding hydrogens is 276 g/mol. The lowest BCUT2D eigenvalue weighted by atomic mass is 10.0. The van der Waals surface area contributed by atoms with Crippen LogP contribution in [0, 0.1) is 0 Å². The summed E-state index contributed by atoms with van der Waals surface area (Å²) in [6, 6.07) is 12.6. The molecule has 0 aliphatic heterocycles. The number of hydrogen-bond donors (Lipinski definition) is 1. The minimum Gasteiger partial charge on any atom is -0.496 e. The van der Waals surface area contributed by atoms with E-state index < -0.39 is 6.10 Å². The quantitative estimate of drug-likeness (QED) is 0.910. The molecule has 2 aromatic carbocycles. The first-order valence-electron chi connectivity index (χ1n) is 6.40. The Kier molecular flexibility index (Phi) is 4.88. The van der Waals surface area contributed by atoms with Gasteiger partial charge in [0.05, 0.1) is 13.7 Å². The first-order chi connectivity index (χ1) is 9.65. The van der Waals surface area contributed by atoms with Gasteiger partial charge in [-0.3, -0.25) is 0 Å². The number of aliphatic hydroxyl groups excluding tert-OH is 1. The molecule has 0 bridgehead atoms. The van der Waals surface area contributed by atoms with Gasteiger partial charge in [0.2, 0.25) is 0 Å². The van der Waals surface area contributed by atoms with E-state index in [4.69, 9.17) is 21.1 Å². The molecule has 0 aliphatic carbocycles. The Labute approximate surface area is 123 Å². The van der Waals surface area contributed by atoms with Crippen LogP contribution in [-0.4, -0.2) is 18.8 Å². The maximum absolute atomic E-state index is 10.5. The molecule has 1 N–H and O–H groups in total. The average Bonchev–Trinajstić information content (AvgIpc) is 2.47. The van der Waals surface area contributed by atoms with Crippen molar-refractivity contribution in [1.82, 2.24) is 0 Å². The van der Waals surface area contributed by atoms with Crippen molar-refractivity contribution < 1.29 is 14.6 Å². The summed E-state index contributed by atoms with van der Waals surface area (Å²) in [7, 11) is 1.55. The van der Waals surface area contributed by atoms with Crippen LogP contribution >= 0.6 is 11.6 Å². The van der Waals surface area contributed by atoms with Crippen LogP contribution in [-0.2, 0) is 0 Å². The van der Waals surface area contributed by atoms with Gasteiger partial charge in [0, 0.05) is 10.6 Å². The van der Waals surface area contributed by atoms with Crippen LogP contribution in [0.4, 0.5) is 0 Å². The predicted molar refractivity (Wildman–Crippen MR) is 79.7 cm³/mol. The summed E-state index contributed by atoms with van der Waals surface area (Å²) in [4.78, 5) is 0. The summed E-state index contributed by atoms with van der Waals surface area (Å²) in [6.07, 6.45) is -0.789. The van der Waals surface area contributed by atoms with E-state index in [0.29, 0.717) is 22.9 Å². The second kappa shape index (κ2) is 6.64. The second-order valence-corrected chi connectivity index (χ2v) is 4.73. The van der Waals surface area contributed by atoms with Gasteiger partial charge in [0.1, 0.15) is 17.6 Å². The van der Waals surface area contributed by atoms with Crippen molar-refractivity contribution in [2.75, 3.05) is 13.7 Å². The van der Waals surface area contributed by atoms with Gasteiger partial charge in [-0.05, 0) is 36.8 Å². The molecule has 106 valence electrons. The van der Waals surface area contributed by atoms with E-state index in [-0.39, 0.29) is 0 Å². The molecule has 2 aromatic rings. The summed E-state index contributed by atoms with van der Waals surface area (Å²) in [6.45, 7) is 2.51. The molecule has 1 atom stereocenters. The highest BCUT2D eigenvalue weighted by Crippen LogP contribution is 2.33. The third kappa shape index (κ3) is 3.24. The third-order valence-electron chi connectivity index (χ3n) is 2.97. The molecular formula is C16H17ClO3. The van der Waals surface area contributed by atoms with E-state index in [1.54, 1.807) is 25.3 Å². The standard InChI is InChI=1S/C16H17ClO3/c1-3-20-13-6-4-5-11(9-13)16(18)14-8-7-12(17)10-15(14)19-2/h4-10,16,18H,3H2,1-2H3.